The molecule has 1 saturated carbocycles. The van der Waals surface area contributed by atoms with Crippen LogP contribution in [0.1, 0.15) is 44.1 Å². The summed E-state index contributed by atoms with van der Waals surface area (Å²) in [5.41, 5.74) is 0.557. The minimum atomic E-state index is -3.64. The van der Waals surface area contributed by atoms with Gasteiger partial charge in [0.2, 0.25) is 15.9 Å². The Morgan fingerprint density at radius 2 is 1.92 bits per heavy atom. The molecule has 1 aliphatic carbocycles. The first-order chi connectivity index (χ1) is 11.9. The number of nitrogens with one attached hydrogen (secondary N) is 1. The summed E-state index contributed by atoms with van der Waals surface area (Å²) in [7, 11) is -3.64. The minimum Gasteiger partial charge on any atom is -0.353 e. The Hall–Kier alpha value is -1.11. The Labute approximate surface area is 154 Å². The third-order valence-corrected chi connectivity index (χ3v) is 7.71. The summed E-state index contributed by atoms with van der Waals surface area (Å²) in [6, 6.07) is 5.17. The van der Waals surface area contributed by atoms with Gasteiger partial charge in [0, 0.05) is 24.2 Å². The standard InChI is InChI=1S/C18H25ClN2O3S/c1-13-16(19)9-4-10-17(13)25(23,24)21-11-5-6-14(12-21)18(22)20-15-7-2-3-8-15/h4,9-10,14-15H,2-3,5-8,11-12H2,1H3,(H,20,22). The lowest BCUT2D eigenvalue weighted by Crippen LogP contribution is -2.47. The molecule has 1 amide bonds. The molecule has 0 aromatic heterocycles. The van der Waals surface area contributed by atoms with Crippen LogP contribution >= 0.6 is 11.6 Å². The SMILES string of the molecule is Cc1c(Cl)cccc1S(=O)(=O)N1CCCC(C(=O)NC2CCCC2)C1. The number of nitrogens with zero attached hydrogens (tertiary/aromatic N) is 1. The second-order valence-corrected chi connectivity index (χ2v) is 9.37. The van der Waals surface area contributed by atoms with E-state index in [1.807, 2.05) is 0 Å². The maximum Gasteiger partial charge on any atom is 0.243 e. The van der Waals surface area contributed by atoms with Crippen LogP contribution in [0.15, 0.2) is 23.1 Å². The molecule has 1 unspecified atom stereocenters. The molecule has 0 spiro atoms. The predicted molar refractivity (Wildman–Crippen MR) is 98.1 cm³/mol. The third kappa shape index (κ3) is 4.01. The van der Waals surface area contributed by atoms with Gasteiger partial charge in [0.1, 0.15) is 0 Å². The maximum absolute atomic E-state index is 13.0. The topological polar surface area (TPSA) is 66.5 Å². The van der Waals surface area contributed by atoms with E-state index in [2.05, 4.69) is 5.32 Å². The molecule has 25 heavy (non-hydrogen) atoms. The Morgan fingerprint density at radius 1 is 1.20 bits per heavy atom. The second-order valence-electron chi connectivity index (χ2n) is 7.06. The molecular weight excluding hydrogens is 360 g/mol. The van der Waals surface area contributed by atoms with Crippen LogP contribution in [0.3, 0.4) is 0 Å². The first-order valence-electron chi connectivity index (χ1n) is 8.95. The van der Waals surface area contributed by atoms with E-state index in [-0.39, 0.29) is 29.3 Å². The summed E-state index contributed by atoms with van der Waals surface area (Å²) in [5.74, 6) is -0.279. The molecule has 2 fully saturated rings. The van der Waals surface area contributed by atoms with Crippen molar-refractivity contribution in [1.82, 2.24) is 9.62 Å². The number of halogens is 1. The van der Waals surface area contributed by atoms with Crippen molar-refractivity contribution in [3.63, 3.8) is 0 Å². The first-order valence-corrected chi connectivity index (χ1v) is 10.8. The largest absolute Gasteiger partial charge is 0.353 e. The van der Waals surface area contributed by atoms with Crippen LogP contribution in [0.5, 0.6) is 0 Å². The summed E-state index contributed by atoms with van der Waals surface area (Å²) in [4.78, 5) is 12.8. The van der Waals surface area contributed by atoms with Crippen LogP contribution in [0.4, 0.5) is 0 Å². The smallest absolute Gasteiger partial charge is 0.243 e. The molecular formula is C18H25ClN2O3S. The fraction of sp³-hybridized carbons (Fsp3) is 0.611. The molecule has 1 N–H and O–H groups in total. The first kappa shape index (κ1) is 18.7. The monoisotopic (exact) mass is 384 g/mol. The highest BCUT2D eigenvalue weighted by atomic mass is 35.5. The van der Waals surface area contributed by atoms with Gasteiger partial charge in [-0.05, 0) is 50.3 Å². The quantitative estimate of drug-likeness (QED) is 0.867. The van der Waals surface area contributed by atoms with Crippen LogP contribution in [-0.4, -0.2) is 37.8 Å². The molecule has 1 aromatic carbocycles. The lowest BCUT2D eigenvalue weighted by molar-refractivity contribution is -0.126. The highest BCUT2D eigenvalue weighted by molar-refractivity contribution is 7.89. The average molecular weight is 385 g/mol. The zero-order valence-electron chi connectivity index (χ0n) is 14.5. The van der Waals surface area contributed by atoms with Gasteiger partial charge < -0.3 is 5.32 Å². The van der Waals surface area contributed by atoms with Crippen molar-refractivity contribution in [3.05, 3.63) is 28.8 Å². The Balaban J connectivity index is 1.73. The molecule has 1 atom stereocenters. The Kier molecular flexibility index (Phi) is 5.71. The highest BCUT2D eigenvalue weighted by Gasteiger charge is 2.35. The van der Waals surface area contributed by atoms with Crippen LogP contribution in [0, 0.1) is 12.8 Å². The lowest BCUT2D eigenvalue weighted by atomic mass is 9.98. The molecule has 0 bridgehead atoms. The van der Waals surface area contributed by atoms with Crippen molar-refractivity contribution in [2.75, 3.05) is 13.1 Å². The number of rotatable bonds is 4. The minimum absolute atomic E-state index is 0.00499. The zero-order valence-corrected chi connectivity index (χ0v) is 16.1. The number of hydrogen-bond donors (Lipinski definition) is 1. The van der Waals surface area contributed by atoms with E-state index in [4.69, 9.17) is 11.6 Å². The van der Waals surface area contributed by atoms with Gasteiger partial charge in [-0.25, -0.2) is 8.42 Å². The van der Waals surface area contributed by atoms with Gasteiger partial charge >= 0.3 is 0 Å². The number of sulfonamides is 1. The fourth-order valence-corrected chi connectivity index (χ4v) is 5.77. The van der Waals surface area contributed by atoms with Gasteiger partial charge in [-0.2, -0.15) is 4.31 Å². The number of piperidine rings is 1. The molecule has 138 valence electrons. The van der Waals surface area contributed by atoms with E-state index >= 15 is 0 Å². The summed E-state index contributed by atoms with van der Waals surface area (Å²) in [5, 5.41) is 3.54. The van der Waals surface area contributed by atoms with E-state index in [0.29, 0.717) is 23.6 Å². The van der Waals surface area contributed by atoms with Crippen molar-refractivity contribution in [2.45, 2.75) is 56.4 Å². The summed E-state index contributed by atoms with van der Waals surface area (Å²) < 4.78 is 27.5. The maximum atomic E-state index is 13.0. The normalized spacial score (nSPS) is 22.9. The van der Waals surface area contributed by atoms with Gasteiger partial charge in [-0.15, -0.1) is 0 Å². The van der Waals surface area contributed by atoms with Gasteiger partial charge in [0.25, 0.3) is 0 Å². The molecule has 1 aromatic rings. The van der Waals surface area contributed by atoms with Gasteiger partial charge in [0.05, 0.1) is 10.8 Å². The number of carbonyl (C=O) groups is 1. The Bertz CT molecular complexity index is 745. The molecule has 2 aliphatic rings. The van der Waals surface area contributed by atoms with Crippen LogP contribution in [-0.2, 0) is 14.8 Å². The summed E-state index contributed by atoms with van der Waals surface area (Å²) >= 11 is 6.09. The van der Waals surface area contributed by atoms with Crippen molar-refractivity contribution < 1.29 is 13.2 Å². The molecule has 1 heterocycles. The predicted octanol–water partition coefficient (Wildman–Crippen LogP) is 3.11. The summed E-state index contributed by atoms with van der Waals surface area (Å²) in [6.07, 6.45) is 5.80. The number of hydrogen-bond acceptors (Lipinski definition) is 3. The van der Waals surface area contributed by atoms with E-state index in [1.54, 1.807) is 25.1 Å². The van der Waals surface area contributed by atoms with Crippen LogP contribution < -0.4 is 5.32 Å². The van der Waals surface area contributed by atoms with Crippen molar-refractivity contribution in [1.29, 1.82) is 0 Å². The number of carbonyl (C=O) groups excluding carboxylic acids is 1. The second kappa shape index (κ2) is 7.64. The number of benzene rings is 1. The fourth-order valence-electron chi connectivity index (χ4n) is 3.77. The van der Waals surface area contributed by atoms with E-state index < -0.39 is 10.0 Å². The third-order valence-electron chi connectivity index (χ3n) is 5.29. The van der Waals surface area contributed by atoms with Crippen molar-refractivity contribution in [3.8, 4) is 0 Å². The van der Waals surface area contributed by atoms with Gasteiger partial charge in [-0.1, -0.05) is 30.5 Å². The Morgan fingerprint density at radius 3 is 2.64 bits per heavy atom. The van der Waals surface area contributed by atoms with E-state index in [9.17, 15) is 13.2 Å². The summed E-state index contributed by atoms with van der Waals surface area (Å²) in [6.45, 7) is 2.40. The molecule has 1 aliphatic heterocycles. The zero-order chi connectivity index (χ0) is 18.0. The molecule has 1 saturated heterocycles. The lowest BCUT2D eigenvalue weighted by Gasteiger charge is -2.32. The highest BCUT2D eigenvalue weighted by Crippen LogP contribution is 2.29. The number of amides is 1. The van der Waals surface area contributed by atoms with E-state index in [1.165, 1.54) is 4.31 Å². The van der Waals surface area contributed by atoms with Gasteiger partial charge in [-0.3, -0.25) is 4.79 Å². The average Bonchev–Trinajstić information content (AvgIpc) is 3.10. The van der Waals surface area contributed by atoms with Crippen LogP contribution in [0.2, 0.25) is 5.02 Å². The van der Waals surface area contributed by atoms with E-state index in [0.717, 1.165) is 32.1 Å². The van der Waals surface area contributed by atoms with Crippen molar-refractivity contribution >= 4 is 27.5 Å². The van der Waals surface area contributed by atoms with Gasteiger partial charge in [0.15, 0.2) is 0 Å². The van der Waals surface area contributed by atoms with Crippen molar-refractivity contribution in [2.24, 2.45) is 5.92 Å². The molecule has 5 nitrogen and oxygen atoms in total. The van der Waals surface area contributed by atoms with Crippen LogP contribution in [0.25, 0.3) is 0 Å². The molecule has 0 radical (unpaired) electrons. The molecule has 7 heteroatoms. The molecule has 3 rings (SSSR count).